The molecule has 1 heterocycles. The number of hydrogen-bond acceptors (Lipinski definition) is 3. The first-order chi connectivity index (χ1) is 7.76. The second kappa shape index (κ2) is 5.17. The molecule has 1 aromatic carbocycles. The van der Waals surface area contributed by atoms with E-state index in [0.29, 0.717) is 6.54 Å². The molecule has 4 N–H and O–H groups in total. The van der Waals surface area contributed by atoms with Crippen LogP contribution >= 0.6 is 15.9 Å². The minimum atomic E-state index is 0.00211. The van der Waals surface area contributed by atoms with Gasteiger partial charge in [0.1, 0.15) is 0 Å². The van der Waals surface area contributed by atoms with Gasteiger partial charge in [-0.1, -0.05) is 12.1 Å². The third-order valence-corrected chi connectivity index (χ3v) is 3.83. The van der Waals surface area contributed by atoms with E-state index < -0.39 is 0 Å². The summed E-state index contributed by atoms with van der Waals surface area (Å²) in [5, 5.41) is 6.99. The van der Waals surface area contributed by atoms with E-state index in [9.17, 15) is 0 Å². The van der Waals surface area contributed by atoms with E-state index in [-0.39, 0.29) is 5.54 Å². The lowest BCUT2D eigenvalue weighted by Gasteiger charge is -2.38. The van der Waals surface area contributed by atoms with Crippen LogP contribution in [0, 0.1) is 0 Å². The molecule has 0 saturated carbocycles. The van der Waals surface area contributed by atoms with E-state index in [1.54, 1.807) is 0 Å². The number of piperidine rings is 1. The van der Waals surface area contributed by atoms with Crippen molar-refractivity contribution >= 4 is 21.6 Å². The molecular formula is C12H18BrN3. The molecule has 1 saturated heterocycles. The molecule has 1 atom stereocenters. The van der Waals surface area contributed by atoms with E-state index in [1.165, 1.54) is 6.42 Å². The quantitative estimate of drug-likeness (QED) is 0.795. The van der Waals surface area contributed by atoms with Crippen LogP contribution in [-0.2, 0) is 0 Å². The van der Waals surface area contributed by atoms with Gasteiger partial charge in [0.25, 0.3) is 0 Å². The van der Waals surface area contributed by atoms with Crippen LogP contribution in [0.4, 0.5) is 5.69 Å². The predicted octanol–water partition coefficient (Wildman–Crippen LogP) is 1.94. The number of anilines is 1. The first kappa shape index (κ1) is 11.9. The van der Waals surface area contributed by atoms with Crippen molar-refractivity contribution in [3.8, 4) is 0 Å². The molecule has 88 valence electrons. The largest absolute Gasteiger partial charge is 0.376 e. The second-order valence-corrected chi connectivity index (χ2v) is 5.22. The summed E-state index contributed by atoms with van der Waals surface area (Å²) in [5.41, 5.74) is 7.04. The maximum absolute atomic E-state index is 5.92. The van der Waals surface area contributed by atoms with Crippen molar-refractivity contribution in [1.29, 1.82) is 0 Å². The minimum Gasteiger partial charge on any atom is -0.376 e. The van der Waals surface area contributed by atoms with Gasteiger partial charge >= 0.3 is 0 Å². The Bertz CT molecular complexity index is 348. The molecule has 1 fully saturated rings. The molecule has 1 aliphatic rings. The monoisotopic (exact) mass is 283 g/mol. The fourth-order valence-electron chi connectivity index (χ4n) is 2.15. The van der Waals surface area contributed by atoms with Crippen molar-refractivity contribution in [2.75, 3.05) is 25.0 Å². The summed E-state index contributed by atoms with van der Waals surface area (Å²) in [4.78, 5) is 0. The number of benzene rings is 1. The summed E-state index contributed by atoms with van der Waals surface area (Å²) in [5.74, 6) is 0. The number of rotatable bonds is 3. The Morgan fingerprint density at radius 3 is 2.88 bits per heavy atom. The summed E-state index contributed by atoms with van der Waals surface area (Å²) in [6, 6.07) is 8.18. The Kier molecular flexibility index (Phi) is 3.84. The lowest BCUT2D eigenvalue weighted by Crippen LogP contribution is -2.56. The highest BCUT2D eigenvalue weighted by Gasteiger charge is 2.30. The van der Waals surface area contributed by atoms with Crippen LogP contribution in [0.15, 0.2) is 28.7 Å². The molecule has 0 aromatic heterocycles. The zero-order chi connectivity index (χ0) is 11.4. The Balaban J connectivity index is 2.15. The topological polar surface area (TPSA) is 50.1 Å². The van der Waals surface area contributed by atoms with E-state index in [4.69, 9.17) is 5.73 Å². The Labute approximate surface area is 105 Å². The summed E-state index contributed by atoms with van der Waals surface area (Å²) in [7, 11) is 0. The second-order valence-electron chi connectivity index (χ2n) is 4.37. The third-order valence-electron chi connectivity index (χ3n) is 3.14. The van der Waals surface area contributed by atoms with Gasteiger partial charge in [-0.25, -0.2) is 0 Å². The third kappa shape index (κ3) is 2.56. The summed E-state index contributed by atoms with van der Waals surface area (Å²) in [6.07, 6.45) is 2.30. The van der Waals surface area contributed by atoms with Crippen LogP contribution < -0.4 is 16.4 Å². The summed E-state index contributed by atoms with van der Waals surface area (Å²) >= 11 is 3.55. The lowest BCUT2D eigenvalue weighted by atomic mass is 9.90. The van der Waals surface area contributed by atoms with Crippen molar-refractivity contribution in [3.05, 3.63) is 28.7 Å². The number of nitrogens with one attached hydrogen (secondary N) is 2. The Morgan fingerprint density at radius 2 is 2.25 bits per heavy atom. The van der Waals surface area contributed by atoms with Gasteiger partial charge in [0.15, 0.2) is 0 Å². The van der Waals surface area contributed by atoms with Crippen LogP contribution in [0.25, 0.3) is 0 Å². The van der Waals surface area contributed by atoms with Crippen LogP contribution in [0.2, 0.25) is 0 Å². The molecule has 0 spiro atoms. The van der Waals surface area contributed by atoms with Gasteiger partial charge in [0, 0.05) is 23.2 Å². The molecule has 0 aliphatic carbocycles. The highest BCUT2D eigenvalue weighted by atomic mass is 79.9. The van der Waals surface area contributed by atoms with E-state index >= 15 is 0 Å². The van der Waals surface area contributed by atoms with Gasteiger partial charge in [-0.05, 0) is 47.4 Å². The standard InChI is InChI=1S/C12H18BrN3/c13-10-4-1-2-5-11(10)16-12(8-14)6-3-7-15-9-12/h1-2,4-5,15-16H,3,6-9,14H2. The van der Waals surface area contributed by atoms with Gasteiger partial charge in [-0.15, -0.1) is 0 Å². The van der Waals surface area contributed by atoms with Crippen molar-refractivity contribution in [3.63, 3.8) is 0 Å². The van der Waals surface area contributed by atoms with Gasteiger partial charge in [-0.3, -0.25) is 0 Å². The molecule has 0 amide bonds. The zero-order valence-corrected chi connectivity index (χ0v) is 10.9. The van der Waals surface area contributed by atoms with E-state index in [1.807, 2.05) is 18.2 Å². The molecule has 1 unspecified atom stereocenters. The van der Waals surface area contributed by atoms with Gasteiger partial charge in [-0.2, -0.15) is 0 Å². The predicted molar refractivity (Wildman–Crippen MR) is 71.7 cm³/mol. The molecule has 0 radical (unpaired) electrons. The highest BCUT2D eigenvalue weighted by molar-refractivity contribution is 9.10. The Hall–Kier alpha value is -0.580. The average molecular weight is 284 g/mol. The molecule has 1 aliphatic heterocycles. The fourth-order valence-corrected chi connectivity index (χ4v) is 2.53. The Morgan fingerprint density at radius 1 is 1.44 bits per heavy atom. The molecule has 4 heteroatoms. The number of nitrogens with two attached hydrogens (primary N) is 1. The summed E-state index contributed by atoms with van der Waals surface area (Å²) in [6.45, 7) is 2.69. The normalized spacial score (nSPS) is 25.4. The fraction of sp³-hybridized carbons (Fsp3) is 0.500. The lowest BCUT2D eigenvalue weighted by molar-refractivity contribution is 0.350. The average Bonchev–Trinajstić information content (AvgIpc) is 2.33. The zero-order valence-electron chi connectivity index (χ0n) is 9.30. The van der Waals surface area contributed by atoms with Gasteiger partial charge < -0.3 is 16.4 Å². The van der Waals surface area contributed by atoms with Crippen LogP contribution in [0.5, 0.6) is 0 Å². The SMILES string of the molecule is NCC1(Nc2ccccc2Br)CCCNC1. The number of halogens is 1. The molecule has 3 nitrogen and oxygen atoms in total. The van der Waals surface area contributed by atoms with Gasteiger partial charge in [0.2, 0.25) is 0 Å². The van der Waals surface area contributed by atoms with Crippen LogP contribution in [-0.4, -0.2) is 25.2 Å². The molecule has 16 heavy (non-hydrogen) atoms. The smallest absolute Gasteiger partial charge is 0.0620 e. The van der Waals surface area contributed by atoms with Crippen LogP contribution in [0.1, 0.15) is 12.8 Å². The molecule has 0 bridgehead atoms. The van der Waals surface area contributed by atoms with E-state index in [0.717, 1.165) is 29.7 Å². The van der Waals surface area contributed by atoms with Crippen molar-refractivity contribution in [1.82, 2.24) is 5.32 Å². The molecular weight excluding hydrogens is 266 g/mol. The molecule has 2 rings (SSSR count). The minimum absolute atomic E-state index is 0.00211. The van der Waals surface area contributed by atoms with Crippen molar-refractivity contribution in [2.24, 2.45) is 5.73 Å². The van der Waals surface area contributed by atoms with Crippen LogP contribution in [0.3, 0.4) is 0 Å². The first-order valence-electron chi connectivity index (χ1n) is 5.69. The highest BCUT2D eigenvalue weighted by Crippen LogP contribution is 2.27. The first-order valence-corrected chi connectivity index (χ1v) is 6.49. The molecule has 1 aromatic rings. The maximum Gasteiger partial charge on any atom is 0.0620 e. The number of hydrogen-bond donors (Lipinski definition) is 3. The number of para-hydroxylation sites is 1. The van der Waals surface area contributed by atoms with Crippen molar-refractivity contribution < 1.29 is 0 Å². The van der Waals surface area contributed by atoms with E-state index in [2.05, 4.69) is 32.6 Å². The van der Waals surface area contributed by atoms with Crippen molar-refractivity contribution in [2.45, 2.75) is 18.4 Å². The summed E-state index contributed by atoms with van der Waals surface area (Å²) < 4.78 is 1.09. The maximum atomic E-state index is 5.92. The van der Waals surface area contributed by atoms with Gasteiger partial charge in [0.05, 0.1) is 5.54 Å².